The number of amides is 2. The van der Waals surface area contributed by atoms with E-state index in [2.05, 4.69) is 27.9 Å². The molecule has 2 saturated carbocycles. The average molecular weight is 548 g/mol. The van der Waals surface area contributed by atoms with Crippen LogP contribution in [0.3, 0.4) is 0 Å². The first-order chi connectivity index (χ1) is 14.7. The minimum Gasteiger partial charge on any atom is -0.357 e. The summed E-state index contributed by atoms with van der Waals surface area (Å²) in [5.41, 5.74) is 0. The zero-order chi connectivity index (χ0) is 21.2. The molecule has 1 heterocycles. The Bertz CT molecular complexity index is 589. The van der Waals surface area contributed by atoms with Gasteiger partial charge in [0.15, 0.2) is 5.96 Å². The van der Waals surface area contributed by atoms with Gasteiger partial charge in [-0.1, -0.05) is 38.5 Å². The van der Waals surface area contributed by atoms with Crippen LogP contribution >= 0.6 is 24.0 Å². The fourth-order valence-electron chi connectivity index (χ4n) is 5.06. The molecule has 3 rings (SSSR count). The van der Waals surface area contributed by atoms with E-state index in [-0.39, 0.29) is 47.8 Å². The average Bonchev–Trinajstić information content (AvgIpc) is 3.25. The number of carbonyl (C=O) groups excluding carboxylic acids is 2. The van der Waals surface area contributed by atoms with Crippen molar-refractivity contribution in [1.82, 2.24) is 20.9 Å². The number of hydrogen-bond acceptors (Lipinski definition) is 3. The van der Waals surface area contributed by atoms with Gasteiger partial charge in [-0.3, -0.25) is 14.6 Å². The van der Waals surface area contributed by atoms with E-state index in [4.69, 9.17) is 0 Å². The molecule has 2 amide bonds. The minimum atomic E-state index is 0. The molecule has 3 aliphatic rings. The Hall–Kier alpha value is -1.06. The predicted octanol–water partition coefficient (Wildman–Crippen LogP) is 3.04. The summed E-state index contributed by atoms with van der Waals surface area (Å²) in [5, 5.41) is 9.83. The van der Waals surface area contributed by atoms with Gasteiger partial charge in [-0.25, -0.2) is 0 Å². The lowest BCUT2D eigenvalue weighted by Crippen LogP contribution is -2.46. The number of rotatable bonds is 7. The van der Waals surface area contributed by atoms with Gasteiger partial charge in [0, 0.05) is 44.1 Å². The standard InChI is InChI=1S/C23H41N5O2.HI/c1-2-24-23(26-15-14-25-21(29)18-9-5-3-6-10-18)27-20-13-16-28(17-20)22(30)19-11-7-4-8-12-19;/h18-20H,2-17H2,1H3,(H,25,29)(H2,24,26,27);1H. The van der Waals surface area contributed by atoms with E-state index < -0.39 is 0 Å². The SMILES string of the molecule is CCNC(=NCCNC(=O)C1CCCCC1)NC1CCN(C(=O)C2CCCCC2)C1.I. The van der Waals surface area contributed by atoms with E-state index in [1.54, 1.807) is 0 Å². The fourth-order valence-corrected chi connectivity index (χ4v) is 5.06. The third-order valence-electron chi connectivity index (χ3n) is 6.80. The second-order valence-electron chi connectivity index (χ2n) is 9.14. The maximum absolute atomic E-state index is 12.8. The molecule has 3 N–H and O–H groups in total. The van der Waals surface area contributed by atoms with Crippen LogP contribution in [0.5, 0.6) is 0 Å². The number of nitrogens with one attached hydrogen (secondary N) is 3. The summed E-state index contributed by atoms with van der Waals surface area (Å²) in [6.45, 7) is 5.57. The number of hydrogen-bond donors (Lipinski definition) is 3. The van der Waals surface area contributed by atoms with Crippen molar-refractivity contribution in [3.05, 3.63) is 0 Å². The van der Waals surface area contributed by atoms with Crippen LogP contribution in [0.1, 0.15) is 77.6 Å². The molecule has 1 unspecified atom stereocenters. The molecule has 0 aromatic rings. The van der Waals surface area contributed by atoms with Crippen molar-refractivity contribution < 1.29 is 9.59 Å². The Morgan fingerprint density at radius 3 is 2.19 bits per heavy atom. The van der Waals surface area contributed by atoms with E-state index in [1.807, 2.05) is 4.90 Å². The second kappa shape index (κ2) is 14.2. The molecular weight excluding hydrogens is 505 g/mol. The van der Waals surface area contributed by atoms with Crippen molar-refractivity contribution in [2.24, 2.45) is 16.8 Å². The first-order valence-electron chi connectivity index (χ1n) is 12.3. The predicted molar refractivity (Wildman–Crippen MR) is 136 cm³/mol. The Balaban J connectivity index is 0.00000341. The summed E-state index contributed by atoms with van der Waals surface area (Å²) >= 11 is 0. The number of nitrogens with zero attached hydrogens (tertiary/aromatic N) is 2. The minimum absolute atomic E-state index is 0. The summed E-state index contributed by atoms with van der Waals surface area (Å²) in [6.07, 6.45) is 12.4. The molecule has 0 bridgehead atoms. The summed E-state index contributed by atoms with van der Waals surface area (Å²) < 4.78 is 0. The first kappa shape index (κ1) is 26.2. The monoisotopic (exact) mass is 547 g/mol. The van der Waals surface area contributed by atoms with Gasteiger partial charge in [0.1, 0.15) is 0 Å². The van der Waals surface area contributed by atoms with E-state index >= 15 is 0 Å². The quantitative estimate of drug-likeness (QED) is 0.198. The Morgan fingerprint density at radius 1 is 0.903 bits per heavy atom. The third kappa shape index (κ3) is 8.42. The highest BCUT2D eigenvalue weighted by Gasteiger charge is 2.31. The third-order valence-corrected chi connectivity index (χ3v) is 6.80. The lowest BCUT2D eigenvalue weighted by atomic mass is 9.88. The summed E-state index contributed by atoms with van der Waals surface area (Å²) in [5.74, 6) is 1.76. The lowest BCUT2D eigenvalue weighted by Gasteiger charge is -2.26. The molecule has 8 heteroatoms. The van der Waals surface area contributed by atoms with Crippen LogP contribution in [-0.4, -0.2) is 61.4 Å². The van der Waals surface area contributed by atoms with Crippen molar-refractivity contribution in [2.75, 3.05) is 32.7 Å². The number of guanidine groups is 1. The molecule has 1 aliphatic heterocycles. The van der Waals surface area contributed by atoms with Crippen LogP contribution in [0.25, 0.3) is 0 Å². The van der Waals surface area contributed by atoms with Crippen LogP contribution in [0, 0.1) is 11.8 Å². The van der Waals surface area contributed by atoms with Crippen LogP contribution < -0.4 is 16.0 Å². The zero-order valence-electron chi connectivity index (χ0n) is 19.2. The molecule has 1 saturated heterocycles. The van der Waals surface area contributed by atoms with Crippen molar-refractivity contribution >= 4 is 41.8 Å². The van der Waals surface area contributed by atoms with E-state index in [9.17, 15) is 9.59 Å². The maximum atomic E-state index is 12.8. The zero-order valence-corrected chi connectivity index (χ0v) is 21.5. The maximum Gasteiger partial charge on any atom is 0.225 e. The Kier molecular flexibility index (Phi) is 12.0. The lowest BCUT2D eigenvalue weighted by molar-refractivity contribution is -0.135. The van der Waals surface area contributed by atoms with Gasteiger partial charge < -0.3 is 20.9 Å². The highest BCUT2D eigenvalue weighted by atomic mass is 127. The van der Waals surface area contributed by atoms with Crippen LogP contribution in [0.4, 0.5) is 0 Å². The molecule has 1 atom stereocenters. The Labute approximate surface area is 205 Å². The molecule has 0 radical (unpaired) electrons. The second-order valence-corrected chi connectivity index (χ2v) is 9.14. The van der Waals surface area contributed by atoms with E-state index in [1.165, 1.54) is 38.5 Å². The normalized spacial score (nSPS) is 23.2. The largest absolute Gasteiger partial charge is 0.357 e. The highest BCUT2D eigenvalue weighted by Crippen LogP contribution is 2.27. The van der Waals surface area contributed by atoms with Crippen LogP contribution in [-0.2, 0) is 9.59 Å². The van der Waals surface area contributed by atoms with Crippen molar-refractivity contribution in [1.29, 1.82) is 0 Å². The molecule has 178 valence electrons. The van der Waals surface area contributed by atoms with Gasteiger partial charge in [0.25, 0.3) is 0 Å². The molecule has 2 aliphatic carbocycles. The van der Waals surface area contributed by atoms with Crippen molar-refractivity contribution in [3.8, 4) is 0 Å². The van der Waals surface area contributed by atoms with Gasteiger partial charge in [-0.2, -0.15) is 0 Å². The highest BCUT2D eigenvalue weighted by molar-refractivity contribution is 14.0. The number of aliphatic imine (C=N–C) groups is 1. The molecule has 31 heavy (non-hydrogen) atoms. The Morgan fingerprint density at radius 2 is 1.55 bits per heavy atom. The van der Waals surface area contributed by atoms with Crippen molar-refractivity contribution in [3.63, 3.8) is 0 Å². The van der Waals surface area contributed by atoms with Gasteiger partial charge in [-0.15, -0.1) is 24.0 Å². The molecule has 0 aromatic heterocycles. The number of carbonyl (C=O) groups is 2. The smallest absolute Gasteiger partial charge is 0.225 e. The van der Waals surface area contributed by atoms with E-state index in [0.717, 1.165) is 57.7 Å². The summed E-state index contributed by atoms with van der Waals surface area (Å²) in [6, 6.07) is 0.243. The molecule has 7 nitrogen and oxygen atoms in total. The fraction of sp³-hybridized carbons (Fsp3) is 0.870. The number of likely N-dealkylation sites (tertiary alicyclic amines) is 1. The summed E-state index contributed by atoms with van der Waals surface area (Å²) in [7, 11) is 0. The van der Waals surface area contributed by atoms with Gasteiger partial charge in [0.05, 0.1) is 6.54 Å². The van der Waals surface area contributed by atoms with E-state index in [0.29, 0.717) is 19.0 Å². The summed E-state index contributed by atoms with van der Waals surface area (Å²) in [4.78, 5) is 31.7. The molecule has 0 aromatic carbocycles. The van der Waals surface area contributed by atoms with Gasteiger partial charge in [0.2, 0.25) is 11.8 Å². The molecule has 0 spiro atoms. The number of halogens is 1. The molecule has 3 fully saturated rings. The van der Waals surface area contributed by atoms with Gasteiger partial charge >= 0.3 is 0 Å². The van der Waals surface area contributed by atoms with Gasteiger partial charge in [-0.05, 0) is 39.0 Å². The van der Waals surface area contributed by atoms with Crippen LogP contribution in [0.2, 0.25) is 0 Å². The van der Waals surface area contributed by atoms with Crippen LogP contribution in [0.15, 0.2) is 4.99 Å². The first-order valence-corrected chi connectivity index (χ1v) is 12.3. The topological polar surface area (TPSA) is 85.8 Å². The molecular formula is C23H42IN5O2. The van der Waals surface area contributed by atoms with Crippen molar-refractivity contribution in [2.45, 2.75) is 83.6 Å².